The van der Waals surface area contributed by atoms with Crippen molar-refractivity contribution in [2.45, 2.75) is 6.61 Å². The highest BCUT2D eigenvalue weighted by Gasteiger charge is 2.12. The van der Waals surface area contributed by atoms with Crippen LogP contribution in [-0.4, -0.2) is 18.2 Å². The van der Waals surface area contributed by atoms with Crippen molar-refractivity contribution in [1.82, 2.24) is 0 Å². The zero-order chi connectivity index (χ0) is 15.4. The predicted molar refractivity (Wildman–Crippen MR) is 86.1 cm³/mol. The third-order valence-electron chi connectivity index (χ3n) is 2.78. The smallest absolute Gasteiger partial charge is 0.339 e. The average molecular weight is 416 g/mol. The monoisotopic (exact) mass is 414 g/mol. The number of benzene rings is 2. The van der Waals surface area contributed by atoms with Crippen LogP contribution in [0.15, 0.2) is 45.3 Å². The maximum absolute atomic E-state index is 11.2. The van der Waals surface area contributed by atoms with Gasteiger partial charge in [0.05, 0.1) is 11.6 Å². The molecule has 0 saturated heterocycles. The first-order valence-corrected chi connectivity index (χ1v) is 7.58. The molecule has 1 N–H and O–H groups in total. The third kappa shape index (κ3) is 3.98. The van der Waals surface area contributed by atoms with Crippen molar-refractivity contribution in [2.75, 3.05) is 7.11 Å². The Bertz CT molecular complexity index is 671. The van der Waals surface area contributed by atoms with Gasteiger partial charge in [0.15, 0.2) is 0 Å². The van der Waals surface area contributed by atoms with Crippen molar-refractivity contribution in [2.24, 2.45) is 0 Å². The highest BCUT2D eigenvalue weighted by Crippen LogP contribution is 2.27. The molecule has 6 heteroatoms. The Morgan fingerprint density at radius 2 is 1.86 bits per heavy atom. The number of aromatic carboxylic acids is 1. The summed E-state index contributed by atoms with van der Waals surface area (Å²) >= 11 is 6.65. The highest BCUT2D eigenvalue weighted by molar-refractivity contribution is 9.10. The van der Waals surface area contributed by atoms with Gasteiger partial charge >= 0.3 is 5.97 Å². The van der Waals surface area contributed by atoms with Crippen LogP contribution in [0.3, 0.4) is 0 Å². The molecule has 0 aliphatic carbocycles. The van der Waals surface area contributed by atoms with Gasteiger partial charge in [-0.1, -0.05) is 22.0 Å². The Morgan fingerprint density at radius 3 is 2.48 bits per heavy atom. The lowest BCUT2D eigenvalue weighted by Crippen LogP contribution is -2.03. The summed E-state index contributed by atoms with van der Waals surface area (Å²) in [6.45, 7) is 0.268. The minimum atomic E-state index is -1.03. The summed E-state index contributed by atoms with van der Waals surface area (Å²) in [6, 6.07) is 10.4. The fourth-order valence-electron chi connectivity index (χ4n) is 1.76. The van der Waals surface area contributed by atoms with E-state index in [0.717, 1.165) is 15.8 Å². The molecule has 110 valence electrons. The molecule has 0 aromatic heterocycles. The molecular formula is C15H12Br2O4. The SMILES string of the molecule is COc1ccc(COc2ccc(Br)cc2C(=O)O)cc1Br. The van der Waals surface area contributed by atoms with E-state index in [2.05, 4.69) is 31.9 Å². The normalized spacial score (nSPS) is 10.2. The van der Waals surface area contributed by atoms with Crippen molar-refractivity contribution in [3.8, 4) is 11.5 Å². The van der Waals surface area contributed by atoms with Crippen LogP contribution in [0.4, 0.5) is 0 Å². The van der Waals surface area contributed by atoms with E-state index in [1.165, 1.54) is 6.07 Å². The van der Waals surface area contributed by atoms with E-state index < -0.39 is 5.97 Å². The summed E-state index contributed by atoms with van der Waals surface area (Å²) < 4.78 is 12.3. The van der Waals surface area contributed by atoms with E-state index in [4.69, 9.17) is 9.47 Å². The minimum absolute atomic E-state index is 0.122. The van der Waals surface area contributed by atoms with Gasteiger partial charge in [-0.2, -0.15) is 0 Å². The van der Waals surface area contributed by atoms with Crippen LogP contribution in [-0.2, 0) is 6.61 Å². The largest absolute Gasteiger partial charge is 0.496 e. The van der Waals surface area contributed by atoms with Gasteiger partial charge in [-0.25, -0.2) is 4.79 Å². The number of rotatable bonds is 5. The molecule has 0 spiro atoms. The number of carbonyl (C=O) groups is 1. The van der Waals surface area contributed by atoms with Crippen LogP contribution >= 0.6 is 31.9 Å². The van der Waals surface area contributed by atoms with Crippen molar-refractivity contribution in [1.29, 1.82) is 0 Å². The molecule has 0 fully saturated rings. The van der Waals surface area contributed by atoms with Gasteiger partial charge in [-0.3, -0.25) is 0 Å². The quantitative estimate of drug-likeness (QED) is 0.781. The minimum Gasteiger partial charge on any atom is -0.496 e. The van der Waals surface area contributed by atoms with Crippen LogP contribution in [0.25, 0.3) is 0 Å². The summed E-state index contributed by atoms with van der Waals surface area (Å²) in [4.78, 5) is 11.2. The van der Waals surface area contributed by atoms with Gasteiger partial charge < -0.3 is 14.6 Å². The number of ether oxygens (including phenoxy) is 2. The molecule has 0 heterocycles. The number of halogens is 2. The van der Waals surface area contributed by atoms with E-state index in [1.807, 2.05) is 18.2 Å². The summed E-state index contributed by atoms with van der Waals surface area (Å²) in [5, 5.41) is 9.17. The Morgan fingerprint density at radius 1 is 1.14 bits per heavy atom. The first kappa shape index (κ1) is 15.9. The molecule has 0 bridgehead atoms. The topological polar surface area (TPSA) is 55.8 Å². The second-order valence-electron chi connectivity index (χ2n) is 4.20. The summed E-state index contributed by atoms with van der Waals surface area (Å²) in [6.07, 6.45) is 0. The lowest BCUT2D eigenvalue weighted by Gasteiger charge is -2.11. The first-order chi connectivity index (χ1) is 10.0. The molecule has 0 atom stereocenters. The van der Waals surface area contributed by atoms with E-state index >= 15 is 0 Å². The lowest BCUT2D eigenvalue weighted by molar-refractivity contribution is 0.0691. The van der Waals surface area contributed by atoms with Crippen molar-refractivity contribution < 1.29 is 19.4 Å². The number of methoxy groups -OCH3 is 1. The fourth-order valence-corrected chi connectivity index (χ4v) is 2.71. The first-order valence-electron chi connectivity index (χ1n) is 5.99. The van der Waals surface area contributed by atoms with Crippen LogP contribution in [0.1, 0.15) is 15.9 Å². The number of carboxylic acids is 1. The van der Waals surface area contributed by atoms with Gasteiger partial charge in [0, 0.05) is 4.47 Å². The van der Waals surface area contributed by atoms with Gasteiger partial charge in [0.25, 0.3) is 0 Å². The highest BCUT2D eigenvalue weighted by atomic mass is 79.9. The second-order valence-corrected chi connectivity index (χ2v) is 5.97. The maximum atomic E-state index is 11.2. The van der Waals surface area contributed by atoms with Crippen LogP contribution < -0.4 is 9.47 Å². The maximum Gasteiger partial charge on any atom is 0.339 e. The molecule has 4 nitrogen and oxygen atoms in total. The molecule has 2 aromatic rings. The molecule has 2 aromatic carbocycles. The van der Waals surface area contributed by atoms with E-state index in [9.17, 15) is 9.90 Å². The third-order valence-corrected chi connectivity index (χ3v) is 3.90. The summed E-state index contributed by atoms with van der Waals surface area (Å²) in [5.74, 6) is 0.0356. The Labute approximate surface area is 139 Å². The van der Waals surface area contributed by atoms with E-state index in [0.29, 0.717) is 10.2 Å². The second kappa shape index (κ2) is 6.95. The number of hydrogen-bond acceptors (Lipinski definition) is 3. The molecule has 2 rings (SSSR count). The van der Waals surface area contributed by atoms with Crippen molar-refractivity contribution in [3.63, 3.8) is 0 Å². The average Bonchev–Trinajstić information content (AvgIpc) is 2.46. The van der Waals surface area contributed by atoms with Crippen LogP contribution in [0.2, 0.25) is 0 Å². The van der Waals surface area contributed by atoms with Gasteiger partial charge in [-0.05, 0) is 51.8 Å². The lowest BCUT2D eigenvalue weighted by atomic mass is 10.2. The van der Waals surface area contributed by atoms with Crippen molar-refractivity contribution >= 4 is 37.8 Å². The zero-order valence-corrected chi connectivity index (χ0v) is 14.3. The Balaban J connectivity index is 2.16. The standard InChI is InChI=1S/C15H12Br2O4/c1-20-14-4-2-9(6-12(14)17)8-21-13-5-3-10(16)7-11(13)15(18)19/h2-7H,8H2,1H3,(H,18,19). The van der Waals surface area contributed by atoms with E-state index in [-0.39, 0.29) is 12.2 Å². The van der Waals surface area contributed by atoms with E-state index in [1.54, 1.807) is 19.2 Å². The molecule has 0 aliphatic heterocycles. The zero-order valence-electron chi connectivity index (χ0n) is 11.1. The Hall–Kier alpha value is -1.53. The van der Waals surface area contributed by atoms with Gasteiger partial charge in [0.1, 0.15) is 23.7 Å². The van der Waals surface area contributed by atoms with Crippen molar-refractivity contribution in [3.05, 3.63) is 56.5 Å². The molecule has 0 aliphatic rings. The van der Waals surface area contributed by atoms with Gasteiger partial charge in [0.2, 0.25) is 0 Å². The molecule has 0 radical (unpaired) electrons. The van der Waals surface area contributed by atoms with Crippen LogP contribution in [0.5, 0.6) is 11.5 Å². The summed E-state index contributed by atoms with van der Waals surface area (Å²) in [7, 11) is 1.59. The molecule has 0 saturated carbocycles. The predicted octanol–water partition coefficient (Wildman–Crippen LogP) is 4.50. The summed E-state index contributed by atoms with van der Waals surface area (Å²) in [5.41, 5.74) is 1.03. The molecule has 0 amide bonds. The number of hydrogen-bond donors (Lipinski definition) is 1. The van der Waals surface area contributed by atoms with Crippen LogP contribution in [0, 0.1) is 0 Å². The molecular weight excluding hydrogens is 404 g/mol. The fraction of sp³-hybridized carbons (Fsp3) is 0.133. The molecule has 21 heavy (non-hydrogen) atoms. The Kier molecular flexibility index (Phi) is 5.25. The number of carboxylic acid groups (broad SMARTS) is 1. The van der Waals surface area contributed by atoms with Gasteiger partial charge in [-0.15, -0.1) is 0 Å². The molecule has 0 unspecified atom stereocenters.